The number of carbonyl (C=O) groups is 4. The number of hydrogen-bond donors (Lipinski definition) is 2. The first-order chi connectivity index (χ1) is 17.5. The minimum absolute atomic E-state index is 0.0171. The number of thioether (sulfide) groups is 1. The summed E-state index contributed by atoms with van der Waals surface area (Å²) >= 11 is 2.45. The van der Waals surface area contributed by atoms with Crippen molar-refractivity contribution >= 4 is 57.7 Å². The first kappa shape index (κ1) is 27.9. The summed E-state index contributed by atoms with van der Waals surface area (Å²) in [6.07, 6.45) is 2.91. The normalized spacial score (nSPS) is 19.4. The van der Waals surface area contributed by atoms with Gasteiger partial charge in [-0.25, -0.2) is 9.78 Å². The maximum Gasteiger partial charge on any atom is 0.358 e. The summed E-state index contributed by atoms with van der Waals surface area (Å²) in [5, 5.41) is 7.63. The number of nitrogen functional groups attached to an aromatic ring is 1. The van der Waals surface area contributed by atoms with E-state index in [0.29, 0.717) is 11.3 Å². The molecule has 12 nitrogen and oxygen atoms in total. The lowest BCUT2D eigenvalue weighted by Crippen LogP contribution is -2.71. The molecule has 3 rings (SSSR count). The van der Waals surface area contributed by atoms with Crippen LogP contribution in [-0.4, -0.2) is 69.9 Å². The van der Waals surface area contributed by atoms with Crippen LogP contribution in [-0.2, 0) is 33.5 Å². The maximum absolute atomic E-state index is 13.1. The Morgan fingerprint density at radius 2 is 2.05 bits per heavy atom. The second kappa shape index (κ2) is 11.6. The minimum atomic E-state index is -0.953. The predicted octanol–water partition coefficient (Wildman–Crippen LogP) is 1.56. The number of allylic oxidation sites excluding steroid dienone is 1. The quantitative estimate of drug-likeness (QED) is 0.0833. The Bertz CT molecular complexity index is 1180. The zero-order valence-electron chi connectivity index (χ0n) is 20.5. The van der Waals surface area contributed by atoms with Crippen LogP contribution in [0.3, 0.4) is 0 Å². The number of rotatable bonds is 10. The third-order valence-electron chi connectivity index (χ3n) is 5.04. The van der Waals surface area contributed by atoms with Crippen LogP contribution in [0.5, 0.6) is 0 Å². The number of thiazole rings is 1. The monoisotopic (exact) mass is 549 g/mol. The molecule has 1 saturated heterocycles. The Morgan fingerprint density at radius 3 is 2.65 bits per heavy atom. The molecule has 198 valence electrons. The van der Waals surface area contributed by atoms with Crippen LogP contribution in [0.2, 0.25) is 0 Å². The van der Waals surface area contributed by atoms with Crippen LogP contribution >= 0.6 is 23.1 Å². The first-order valence-electron chi connectivity index (χ1n) is 11.0. The summed E-state index contributed by atoms with van der Waals surface area (Å²) in [6.45, 7) is 11.7. The molecule has 2 amide bonds. The lowest BCUT2D eigenvalue weighted by Gasteiger charge is -2.49. The van der Waals surface area contributed by atoms with Gasteiger partial charge in [0.1, 0.15) is 29.4 Å². The van der Waals surface area contributed by atoms with Crippen LogP contribution in [0.4, 0.5) is 5.13 Å². The van der Waals surface area contributed by atoms with Crippen molar-refractivity contribution in [1.82, 2.24) is 15.2 Å². The lowest BCUT2D eigenvalue weighted by atomic mass is 9.98. The van der Waals surface area contributed by atoms with Crippen molar-refractivity contribution in [3.8, 4) is 0 Å². The maximum atomic E-state index is 13.1. The van der Waals surface area contributed by atoms with E-state index < -0.39 is 47.4 Å². The molecule has 3 heterocycles. The first-order valence-corrected chi connectivity index (χ1v) is 12.9. The predicted molar refractivity (Wildman–Crippen MR) is 138 cm³/mol. The van der Waals surface area contributed by atoms with Gasteiger partial charge in [-0.3, -0.25) is 19.3 Å². The van der Waals surface area contributed by atoms with Gasteiger partial charge in [-0.05, 0) is 26.3 Å². The van der Waals surface area contributed by atoms with E-state index in [4.69, 9.17) is 20.0 Å². The highest BCUT2D eigenvalue weighted by Crippen LogP contribution is 2.41. The molecular weight excluding hydrogens is 522 g/mol. The van der Waals surface area contributed by atoms with Crippen LogP contribution < -0.4 is 11.1 Å². The number of ether oxygens (including phenoxy) is 2. The van der Waals surface area contributed by atoms with E-state index in [0.717, 1.165) is 11.3 Å². The molecule has 1 unspecified atom stereocenters. The SMILES string of the molecule is C=CCON=C(C(=O)NC1C(=O)N2C(C(=O)OCOC(=O)C(C)(C)C)=C(C=C)CS[C@@H]12)c1csc(N)n1. The van der Waals surface area contributed by atoms with Gasteiger partial charge >= 0.3 is 11.9 Å². The number of nitrogens with zero attached hydrogens (tertiary/aromatic N) is 3. The number of esters is 2. The number of nitrogens with one attached hydrogen (secondary N) is 1. The molecule has 0 aliphatic carbocycles. The number of amides is 2. The molecular formula is C23H27N5O7S2. The van der Waals surface area contributed by atoms with Crippen molar-refractivity contribution in [3.05, 3.63) is 47.7 Å². The lowest BCUT2D eigenvalue weighted by molar-refractivity contribution is -0.173. The van der Waals surface area contributed by atoms with E-state index in [1.807, 2.05) is 0 Å². The van der Waals surface area contributed by atoms with E-state index in [-0.39, 0.29) is 28.8 Å². The largest absolute Gasteiger partial charge is 0.427 e. The number of fused-ring (bicyclic) bond motifs is 1. The number of hydrogen-bond acceptors (Lipinski definition) is 12. The van der Waals surface area contributed by atoms with Crippen molar-refractivity contribution < 1.29 is 33.5 Å². The zero-order valence-corrected chi connectivity index (χ0v) is 22.1. The van der Waals surface area contributed by atoms with Crippen molar-refractivity contribution in [2.75, 3.05) is 24.9 Å². The van der Waals surface area contributed by atoms with Gasteiger partial charge in [0.25, 0.3) is 11.8 Å². The van der Waals surface area contributed by atoms with Crippen LogP contribution in [0.15, 0.2) is 47.1 Å². The smallest absolute Gasteiger partial charge is 0.358 e. The molecule has 0 spiro atoms. The zero-order chi connectivity index (χ0) is 27.3. The van der Waals surface area contributed by atoms with E-state index >= 15 is 0 Å². The summed E-state index contributed by atoms with van der Waals surface area (Å²) in [7, 11) is 0. The van der Waals surface area contributed by atoms with Gasteiger partial charge in [0.15, 0.2) is 10.8 Å². The molecule has 3 N–H and O–H groups in total. The summed E-state index contributed by atoms with van der Waals surface area (Å²) < 4.78 is 10.1. The molecule has 37 heavy (non-hydrogen) atoms. The molecule has 0 bridgehead atoms. The van der Waals surface area contributed by atoms with Crippen molar-refractivity contribution in [3.63, 3.8) is 0 Å². The molecule has 0 saturated carbocycles. The summed E-state index contributed by atoms with van der Waals surface area (Å²) in [6, 6.07) is -0.953. The van der Waals surface area contributed by atoms with Crippen molar-refractivity contribution in [1.29, 1.82) is 0 Å². The second-order valence-corrected chi connectivity index (χ2v) is 10.8. The summed E-state index contributed by atoms with van der Waals surface area (Å²) in [5.74, 6) is -2.30. The van der Waals surface area contributed by atoms with Crippen molar-refractivity contribution in [2.45, 2.75) is 32.2 Å². The fourth-order valence-electron chi connectivity index (χ4n) is 3.18. The van der Waals surface area contributed by atoms with Gasteiger partial charge in [-0.1, -0.05) is 30.5 Å². The molecule has 2 aliphatic heterocycles. The van der Waals surface area contributed by atoms with E-state index in [2.05, 4.69) is 28.6 Å². The third kappa shape index (κ3) is 6.20. The van der Waals surface area contributed by atoms with Gasteiger partial charge in [0.05, 0.1) is 5.41 Å². The molecule has 2 aliphatic rings. The number of carbonyl (C=O) groups excluding carboxylic acids is 4. The molecule has 1 aromatic rings. The second-order valence-electron chi connectivity index (χ2n) is 8.77. The summed E-state index contributed by atoms with van der Waals surface area (Å²) in [5.41, 5.74) is 5.39. The van der Waals surface area contributed by atoms with Gasteiger partial charge < -0.3 is 25.4 Å². The molecule has 0 aromatic carbocycles. The van der Waals surface area contributed by atoms with Crippen LogP contribution in [0.25, 0.3) is 0 Å². The third-order valence-corrected chi connectivity index (χ3v) is 7.02. The Balaban J connectivity index is 1.72. The molecule has 0 radical (unpaired) electrons. The number of nitrogens with two attached hydrogens (primary N) is 1. The number of aromatic nitrogens is 1. The average Bonchev–Trinajstić information content (AvgIpc) is 3.28. The highest BCUT2D eigenvalue weighted by atomic mass is 32.2. The van der Waals surface area contributed by atoms with E-state index in [1.165, 1.54) is 34.2 Å². The molecule has 1 aromatic heterocycles. The van der Waals surface area contributed by atoms with Crippen molar-refractivity contribution in [2.24, 2.45) is 10.6 Å². The highest BCUT2D eigenvalue weighted by molar-refractivity contribution is 8.00. The van der Waals surface area contributed by atoms with Gasteiger partial charge in [0.2, 0.25) is 6.79 Å². The Kier molecular flexibility index (Phi) is 8.76. The van der Waals surface area contributed by atoms with Crippen LogP contribution in [0, 0.1) is 5.41 Å². The molecule has 1 fully saturated rings. The van der Waals surface area contributed by atoms with Crippen LogP contribution in [0.1, 0.15) is 26.5 Å². The fraction of sp³-hybridized carbons (Fsp3) is 0.391. The average molecular weight is 550 g/mol. The summed E-state index contributed by atoms with van der Waals surface area (Å²) in [4.78, 5) is 61.2. The van der Waals surface area contributed by atoms with Gasteiger partial charge in [-0.15, -0.1) is 23.1 Å². The topological polar surface area (TPSA) is 163 Å². The Hall–Kier alpha value is -3.65. The highest BCUT2D eigenvalue weighted by Gasteiger charge is 2.54. The Labute approximate surface area is 221 Å². The molecule has 2 atom stereocenters. The Morgan fingerprint density at radius 1 is 1.32 bits per heavy atom. The molecule has 14 heteroatoms. The number of anilines is 1. The van der Waals surface area contributed by atoms with Gasteiger partial charge in [0, 0.05) is 11.1 Å². The van der Waals surface area contributed by atoms with E-state index in [1.54, 1.807) is 20.8 Å². The minimum Gasteiger partial charge on any atom is -0.427 e. The number of β-lactam (4-membered cyclic amide) rings is 1. The fourth-order valence-corrected chi connectivity index (χ4v) is 5.06. The standard InChI is InChI=1S/C23H27N5O7S2/c1-6-8-35-27-14(13-10-37-22(24)25-13)17(29)26-15-18(30)28-16(12(7-2)9-36-19(15)28)20(31)33-11-34-21(32)23(3,4)5/h6-7,10,15,19H,1-2,8-9,11H2,3-5H3,(H2,24,25)(H,26,29)/t15?,19-/m0/s1. The van der Waals surface area contributed by atoms with E-state index in [9.17, 15) is 19.2 Å². The number of oxime groups is 1. The van der Waals surface area contributed by atoms with Gasteiger partial charge in [-0.2, -0.15) is 0 Å².